The Morgan fingerprint density at radius 1 is 0.800 bits per heavy atom. The van der Waals surface area contributed by atoms with E-state index < -0.39 is 0 Å². The molecule has 0 radical (unpaired) electrons. The van der Waals surface area contributed by atoms with Crippen LogP contribution in [-0.4, -0.2) is 0 Å². The molecule has 0 aromatic rings. The van der Waals surface area contributed by atoms with Crippen LogP contribution in [0.3, 0.4) is 0 Å². The van der Waals surface area contributed by atoms with Crippen LogP contribution >= 0.6 is 24.0 Å². The number of rotatable bonds is 0. The molecule has 0 aromatic heterocycles. The van der Waals surface area contributed by atoms with Gasteiger partial charge >= 0.3 is 19.5 Å². The van der Waals surface area contributed by atoms with Crippen LogP contribution in [0.4, 0.5) is 0 Å². The molecule has 0 aliphatic carbocycles. The zero-order valence-corrected chi connectivity index (χ0v) is 12.2. The Hall–Kier alpha value is 2.77. The first-order chi connectivity index (χ1) is 0. The zero-order chi connectivity index (χ0) is 0. The van der Waals surface area contributed by atoms with E-state index in [4.69, 9.17) is 0 Å². The fraction of sp³-hybridized carbons (Fsp3) is 0. The summed E-state index contributed by atoms with van der Waals surface area (Å²) in [7, 11) is 0. The number of hydrogen-bond acceptors (Lipinski definition) is 1. The van der Waals surface area contributed by atoms with Gasteiger partial charge in [-0.1, -0.05) is 0 Å². The molecule has 0 aliphatic heterocycles. The van der Waals surface area contributed by atoms with Crippen molar-refractivity contribution >= 4 is 24.0 Å². The maximum atomic E-state index is 0. The third kappa shape index (κ3) is 20.1. The molecule has 32 valence electrons. The van der Waals surface area contributed by atoms with Crippen LogP contribution in [0.5, 0.6) is 0 Å². The van der Waals surface area contributed by atoms with Gasteiger partial charge in [-0.25, -0.2) is 0 Å². The second kappa shape index (κ2) is 29.4. The molecule has 0 unspecified atom stereocenters. The normalized spacial score (nSPS) is 0. The van der Waals surface area contributed by atoms with Crippen molar-refractivity contribution in [3.8, 4) is 0 Å². The van der Waals surface area contributed by atoms with Crippen LogP contribution in [0.1, 0.15) is 0 Å². The minimum absolute atomic E-state index is 0. The van der Waals surface area contributed by atoms with E-state index in [9.17, 15) is 0 Å². The van der Waals surface area contributed by atoms with E-state index in [2.05, 4.69) is 0 Å². The SMILES string of the molecule is I.N.[I-].[I-].[Zn+2]. The molecule has 5 heavy (non-hydrogen) atoms. The first-order valence-corrected chi connectivity index (χ1v) is 0. The molecule has 0 bridgehead atoms. The predicted molar refractivity (Wildman–Crippen MR) is 20.4 cm³/mol. The zero-order valence-electron chi connectivity index (χ0n) is 2.58. The average molecular weight is 464 g/mol. The molecule has 0 saturated carbocycles. The molecule has 0 fully saturated rings. The molecular weight excluding hydrogens is 460 g/mol. The van der Waals surface area contributed by atoms with E-state index in [-0.39, 0.29) is 97.6 Å². The summed E-state index contributed by atoms with van der Waals surface area (Å²) in [6, 6.07) is 0. The summed E-state index contributed by atoms with van der Waals surface area (Å²) in [5.41, 5.74) is 0. The molecule has 0 saturated heterocycles. The van der Waals surface area contributed by atoms with E-state index in [0.717, 1.165) is 0 Å². The Labute approximate surface area is 95.8 Å². The second-order valence-corrected chi connectivity index (χ2v) is 0. The van der Waals surface area contributed by atoms with E-state index in [1.54, 1.807) is 0 Å². The van der Waals surface area contributed by atoms with Gasteiger partial charge in [0.05, 0.1) is 0 Å². The summed E-state index contributed by atoms with van der Waals surface area (Å²) < 4.78 is 0. The van der Waals surface area contributed by atoms with Crippen LogP contribution in [-0.2, 0) is 19.5 Å². The maximum Gasteiger partial charge on any atom is 2.00 e. The van der Waals surface area contributed by atoms with Gasteiger partial charge in [0.25, 0.3) is 0 Å². The number of halogens is 3. The van der Waals surface area contributed by atoms with Gasteiger partial charge < -0.3 is 54.1 Å². The summed E-state index contributed by atoms with van der Waals surface area (Å²) >= 11 is 0. The van der Waals surface area contributed by atoms with Crippen molar-refractivity contribution in [2.45, 2.75) is 0 Å². The minimum atomic E-state index is 0. The Morgan fingerprint density at radius 3 is 0.800 bits per heavy atom. The Morgan fingerprint density at radius 2 is 0.800 bits per heavy atom. The summed E-state index contributed by atoms with van der Waals surface area (Å²) in [4.78, 5) is 0. The maximum absolute atomic E-state index is 0. The topological polar surface area (TPSA) is 35.0 Å². The smallest absolute Gasteiger partial charge is 1.00 e. The Bertz CT molecular complexity index is 6.85. The van der Waals surface area contributed by atoms with Crippen molar-refractivity contribution in [1.29, 1.82) is 0 Å². The predicted octanol–water partition coefficient (Wildman–Crippen LogP) is -5.21. The summed E-state index contributed by atoms with van der Waals surface area (Å²) in [6.07, 6.45) is 0. The Balaban J connectivity index is 0. The van der Waals surface area contributed by atoms with Crippen molar-refractivity contribution < 1.29 is 67.4 Å². The molecule has 3 N–H and O–H groups in total. The van der Waals surface area contributed by atoms with Crippen molar-refractivity contribution in [2.75, 3.05) is 0 Å². The van der Waals surface area contributed by atoms with Gasteiger partial charge in [-0.2, -0.15) is 0 Å². The first kappa shape index (κ1) is 46.4. The van der Waals surface area contributed by atoms with Gasteiger partial charge in [-0.15, -0.1) is 24.0 Å². The third-order valence-electron chi connectivity index (χ3n) is 0. The van der Waals surface area contributed by atoms with Gasteiger partial charge in [0.15, 0.2) is 0 Å². The van der Waals surface area contributed by atoms with Gasteiger partial charge in [-0.3, -0.25) is 0 Å². The van der Waals surface area contributed by atoms with Crippen molar-refractivity contribution in [3.63, 3.8) is 0 Å². The average Bonchev–Trinajstić information content (AvgIpc) is 0. The molecule has 0 spiro atoms. The number of hydrogen-bond donors (Lipinski definition) is 1. The third-order valence-corrected chi connectivity index (χ3v) is 0. The standard InChI is InChI=1S/3HI.H3N.Zn/h3*1H;1H3;/q;;;;+2/p-2. The summed E-state index contributed by atoms with van der Waals surface area (Å²) in [5, 5.41) is 0. The molecule has 0 rings (SSSR count). The fourth-order valence-corrected chi connectivity index (χ4v) is 0. The monoisotopic (exact) mass is 463 g/mol. The van der Waals surface area contributed by atoms with Crippen molar-refractivity contribution in [1.82, 2.24) is 6.15 Å². The molecule has 0 aliphatic rings. The van der Waals surface area contributed by atoms with Crippen molar-refractivity contribution in [3.05, 3.63) is 0 Å². The fourth-order valence-electron chi connectivity index (χ4n) is 0. The van der Waals surface area contributed by atoms with Gasteiger partial charge in [0.1, 0.15) is 0 Å². The van der Waals surface area contributed by atoms with Crippen molar-refractivity contribution in [2.24, 2.45) is 0 Å². The van der Waals surface area contributed by atoms with Crippen LogP contribution in [0.2, 0.25) is 0 Å². The largest absolute Gasteiger partial charge is 2.00 e. The van der Waals surface area contributed by atoms with Crippen LogP contribution in [0.25, 0.3) is 0 Å². The second-order valence-electron chi connectivity index (χ2n) is 0. The Kier molecular flexibility index (Phi) is 272. The van der Waals surface area contributed by atoms with Gasteiger partial charge in [0, 0.05) is 0 Å². The quantitative estimate of drug-likeness (QED) is 0.283. The van der Waals surface area contributed by atoms with Crippen LogP contribution in [0, 0.1) is 0 Å². The molecule has 5 heteroatoms. The molecule has 0 atom stereocenters. The van der Waals surface area contributed by atoms with E-state index in [1.807, 2.05) is 0 Å². The van der Waals surface area contributed by atoms with E-state index in [0.29, 0.717) is 0 Å². The minimum Gasteiger partial charge on any atom is -1.00 e. The van der Waals surface area contributed by atoms with Gasteiger partial charge in [-0.05, 0) is 0 Å². The van der Waals surface area contributed by atoms with E-state index >= 15 is 0 Å². The van der Waals surface area contributed by atoms with Crippen LogP contribution < -0.4 is 54.1 Å². The summed E-state index contributed by atoms with van der Waals surface area (Å²) in [5.74, 6) is 0. The van der Waals surface area contributed by atoms with Gasteiger partial charge in [0.2, 0.25) is 0 Å². The summed E-state index contributed by atoms with van der Waals surface area (Å²) in [6.45, 7) is 0. The molecule has 0 aromatic carbocycles. The molecule has 1 nitrogen and oxygen atoms in total. The first-order valence-electron chi connectivity index (χ1n) is 0. The molecule has 0 heterocycles. The van der Waals surface area contributed by atoms with E-state index in [1.165, 1.54) is 0 Å². The molecule has 0 amide bonds. The molecular formula is H4I3NZn. The van der Waals surface area contributed by atoms with Crippen LogP contribution in [0.15, 0.2) is 0 Å².